The van der Waals surface area contributed by atoms with Gasteiger partial charge in [-0.15, -0.1) is 0 Å². The first-order valence-electron chi connectivity index (χ1n) is 10.3. The Balaban J connectivity index is 1.93. The van der Waals surface area contributed by atoms with Gasteiger partial charge in [0.1, 0.15) is 17.2 Å². The first-order chi connectivity index (χ1) is 15.3. The van der Waals surface area contributed by atoms with E-state index in [1.54, 1.807) is 54.7 Å². The molecule has 0 aliphatic rings. The summed E-state index contributed by atoms with van der Waals surface area (Å²) >= 11 is 6.22. The van der Waals surface area contributed by atoms with Crippen molar-refractivity contribution in [3.63, 3.8) is 0 Å². The van der Waals surface area contributed by atoms with Gasteiger partial charge in [0, 0.05) is 18.5 Å². The molecule has 1 aromatic heterocycles. The summed E-state index contributed by atoms with van der Waals surface area (Å²) in [5.74, 6) is -1.10. The number of hydrogen-bond donors (Lipinski definition) is 2. The fourth-order valence-electron chi connectivity index (χ4n) is 3.42. The molecule has 7 nitrogen and oxygen atoms in total. The maximum absolute atomic E-state index is 11.6. The number of aromatic nitrogens is 2. The molecule has 0 bridgehead atoms. The Hall–Kier alpha value is -3.16. The molecule has 1 heterocycles. The Labute approximate surface area is 191 Å². The predicted molar refractivity (Wildman–Crippen MR) is 120 cm³/mol. The van der Waals surface area contributed by atoms with Crippen LogP contribution in [0.15, 0.2) is 54.7 Å². The average Bonchev–Trinajstić information content (AvgIpc) is 3.18. The van der Waals surface area contributed by atoms with Crippen molar-refractivity contribution in [2.75, 3.05) is 0 Å². The van der Waals surface area contributed by atoms with Crippen LogP contribution < -0.4 is 0 Å². The van der Waals surface area contributed by atoms with Crippen LogP contribution in [0, 0.1) is 0 Å². The lowest BCUT2D eigenvalue weighted by Gasteiger charge is -2.24. The Bertz CT molecular complexity index is 1090. The summed E-state index contributed by atoms with van der Waals surface area (Å²) in [4.78, 5) is 27.2. The number of rotatable bonds is 10. The van der Waals surface area contributed by atoms with Crippen molar-refractivity contribution in [3.05, 3.63) is 88.0 Å². The minimum Gasteiger partial charge on any atom is -0.478 e. The topological polar surface area (TPSA) is 102 Å². The maximum atomic E-state index is 11.6. The molecule has 2 aromatic carbocycles. The van der Waals surface area contributed by atoms with Crippen LogP contribution in [0.5, 0.6) is 0 Å². The SMILES string of the molecule is CCC(C)c1nc(Cl)cn1C(Cc1ccc(C(=O)O)cc1)OCc1ccccc1C(=O)O. The molecule has 0 amide bonds. The minimum atomic E-state index is -1.02. The van der Waals surface area contributed by atoms with Crippen LogP contribution in [0.25, 0.3) is 0 Å². The molecule has 0 aliphatic heterocycles. The van der Waals surface area contributed by atoms with Gasteiger partial charge in [-0.05, 0) is 35.7 Å². The summed E-state index contributed by atoms with van der Waals surface area (Å²) in [6, 6.07) is 13.3. The van der Waals surface area contributed by atoms with Crippen LogP contribution in [-0.2, 0) is 17.8 Å². The average molecular weight is 457 g/mol. The second-order valence-electron chi connectivity index (χ2n) is 7.57. The monoisotopic (exact) mass is 456 g/mol. The lowest BCUT2D eigenvalue weighted by atomic mass is 10.1. The highest BCUT2D eigenvalue weighted by molar-refractivity contribution is 6.29. The zero-order chi connectivity index (χ0) is 23.3. The van der Waals surface area contributed by atoms with Crippen LogP contribution in [0.2, 0.25) is 5.15 Å². The third-order valence-electron chi connectivity index (χ3n) is 5.39. The molecule has 0 aliphatic carbocycles. The Morgan fingerprint density at radius 3 is 2.41 bits per heavy atom. The molecule has 0 saturated heterocycles. The number of ether oxygens (including phenoxy) is 1. The zero-order valence-electron chi connectivity index (χ0n) is 17.9. The van der Waals surface area contributed by atoms with Crippen molar-refractivity contribution in [3.8, 4) is 0 Å². The Kier molecular flexibility index (Phi) is 7.66. The molecule has 8 heteroatoms. The van der Waals surface area contributed by atoms with E-state index in [9.17, 15) is 14.7 Å². The van der Waals surface area contributed by atoms with E-state index < -0.39 is 18.2 Å². The molecule has 2 N–H and O–H groups in total. The van der Waals surface area contributed by atoms with E-state index in [2.05, 4.69) is 11.9 Å². The summed E-state index contributed by atoms with van der Waals surface area (Å²) in [6.07, 6.45) is 2.47. The van der Waals surface area contributed by atoms with Crippen molar-refractivity contribution in [2.24, 2.45) is 0 Å². The number of nitrogens with zero attached hydrogens (tertiary/aromatic N) is 2. The van der Waals surface area contributed by atoms with E-state index in [0.717, 1.165) is 17.8 Å². The highest BCUT2D eigenvalue weighted by Gasteiger charge is 2.22. The lowest BCUT2D eigenvalue weighted by molar-refractivity contribution is -0.0120. The molecule has 2 unspecified atom stereocenters. The number of carboxylic acids is 2. The van der Waals surface area contributed by atoms with Crippen LogP contribution >= 0.6 is 11.6 Å². The van der Waals surface area contributed by atoms with Gasteiger partial charge in [-0.2, -0.15) is 0 Å². The number of imidazole rings is 1. The third-order valence-corrected chi connectivity index (χ3v) is 5.57. The second kappa shape index (κ2) is 10.4. The lowest BCUT2D eigenvalue weighted by Crippen LogP contribution is -2.19. The van der Waals surface area contributed by atoms with E-state index in [0.29, 0.717) is 17.1 Å². The van der Waals surface area contributed by atoms with Gasteiger partial charge in [0.2, 0.25) is 0 Å². The molecule has 32 heavy (non-hydrogen) atoms. The van der Waals surface area contributed by atoms with E-state index >= 15 is 0 Å². The summed E-state index contributed by atoms with van der Waals surface area (Å²) in [6.45, 7) is 4.19. The second-order valence-corrected chi connectivity index (χ2v) is 7.96. The Morgan fingerprint density at radius 2 is 1.78 bits per heavy atom. The minimum absolute atomic E-state index is 0.0795. The van der Waals surface area contributed by atoms with Gasteiger partial charge in [0.15, 0.2) is 0 Å². The van der Waals surface area contributed by atoms with Crippen LogP contribution in [-0.4, -0.2) is 31.7 Å². The molecule has 0 radical (unpaired) electrons. The number of hydrogen-bond acceptors (Lipinski definition) is 4. The fourth-order valence-corrected chi connectivity index (χ4v) is 3.61. The zero-order valence-corrected chi connectivity index (χ0v) is 18.6. The number of aromatic carboxylic acids is 2. The number of carbonyl (C=O) groups is 2. The van der Waals surface area contributed by atoms with E-state index in [1.165, 1.54) is 0 Å². The summed E-state index contributed by atoms with van der Waals surface area (Å²) in [5, 5.41) is 19.0. The van der Waals surface area contributed by atoms with Crippen molar-refractivity contribution in [2.45, 2.75) is 45.4 Å². The number of halogens is 1. The molecule has 0 saturated carbocycles. The van der Waals surface area contributed by atoms with Crippen molar-refractivity contribution in [1.82, 2.24) is 9.55 Å². The number of carboxylic acid groups (broad SMARTS) is 2. The first-order valence-corrected chi connectivity index (χ1v) is 10.7. The molecule has 2 atom stereocenters. The van der Waals surface area contributed by atoms with Crippen LogP contribution in [0.3, 0.4) is 0 Å². The van der Waals surface area contributed by atoms with Crippen LogP contribution in [0.4, 0.5) is 0 Å². The smallest absolute Gasteiger partial charge is 0.336 e. The molecular weight excluding hydrogens is 432 g/mol. The highest BCUT2D eigenvalue weighted by Crippen LogP contribution is 2.28. The maximum Gasteiger partial charge on any atom is 0.336 e. The Morgan fingerprint density at radius 1 is 1.09 bits per heavy atom. The summed E-state index contributed by atoms with van der Waals surface area (Å²) in [7, 11) is 0. The summed E-state index contributed by atoms with van der Waals surface area (Å²) in [5.41, 5.74) is 1.81. The van der Waals surface area contributed by atoms with Gasteiger partial charge in [0.05, 0.1) is 17.7 Å². The molecule has 3 aromatic rings. The molecule has 0 fully saturated rings. The van der Waals surface area contributed by atoms with Gasteiger partial charge >= 0.3 is 11.9 Å². The highest BCUT2D eigenvalue weighted by atomic mass is 35.5. The van der Waals surface area contributed by atoms with Crippen molar-refractivity contribution < 1.29 is 24.5 Å². The largest absolute Gasteiger partial charge is 0.478 e. The molecule has 168 valence electrons. The van der Waals surface area contributed by atoms with Gasteiger partial charge < -0.3 is 19.5 Å². The first kappa shape index (κ1) is 23.5. The number of benzene rings is 2. The fraction of sp³-hybridized carbons (Fsp3) is 0.292. The quantitative estimate of drug-likeness (QED) is 0.423. The van der Waals surface area contributed by atoms with E-state index in [-0.39, 0.29) is 23.7 Å². The summed E-state index contributed by atoms with van der Waals surface area (Å²) < 4.78 is 8.10. The van der Waals surface area contributed by atoms with Crippen molar-refractivity contribution in [1.29, 1.82) is 0 Å². The van der Waals surface area contributed by atoms with Crippen LogP contribution in [0.1, 0.15) is 70.1 Å². The third kappa shape index (κ3) is 5.55. The van der Waals surface area contributed by atoms with Gasteiger partial charge in [-0.3, -0.25) is 0 Å². The van der Waals surface area contributed by atoms with Gasteiger partial charge in [0.25, 0.3) is 0 Å². The standard InChI is InChI=1S/C24H25ClN2O5/c1-3-15(2)22-26-20(25)13-27(22)21(12-16-8-10-17(11-9-16)23(28)29)32-14-18-6-4-5-7-19(18)24(30)31/h4-11,13,15,21H,3,12,14H2,1-2H3,(H,28,29)(H,30,31). The molecule has 3 rings (SSSR count). The van der Waals surface area contributed by atoms with E-state index in [4.69, 9.17) is 21.4 Å². The predicted octanol–water partition coefficient (Wildman–Crippen LogP) is 5.40. The van der Waals surface area contributed by atoms with Crippen molar-refractivity contribution >= 4 is 23.5 Å². The van der Waals surface area contributed by atoms with Gasteiger partial charge in [-0.1, -0.05) is 55.8 Å². The molecular formula is C24H25ClN2O5. The van der Waals surface area contributed by atoms with E-state index in [1.807, 2.05) is 11.5 Å². The normalized spacial score (nSPS) is 13.0. The molecule has 0 spiro atoms. The van der Waals surface area contributed by atoms with Gasteiger partial charge in [-0.25, -0.2) is 14.6 Å².